The zero-order valence-electron chi connectivity index (χ0n) is 12.2. The Hall–Kier alpha value is -2.82. The summed E-state index contributed by atoms with van der Waals surface area (Å²) in [4.78, 5) is 24.4. The molecule has 0 N–H and O–H groups in total. The lowest BCUT2D eigenvalue weighted by molar-refractivity contribution is -0.143. The zero-order chi connectivity index (χ0) is 15.8. The van der Waals surface area contributed by atoms with Crippen LogP contribution in [0.3, 0.4) is 0 Å². The van der Waals surface area contributed by atoms with Gasteiger partial charge in [0.15, 0.2) is 0 Å². The van der Waals surface area contributed by atoms with Gasteiger partial charge in [-0.3, -0.25) is 4.79 Å². The van der Waals surface area contributed by atoms with E-state index in [2.05, 4.69) is 10.2 Å². The Labute approximate surface area is 128 Å². The number of hydrogen-bond acceptors (Lipinski definition) is 5. The second-order valence-corrected chi connectivity index (χ2v) is 4.44. The fourth-order valence-electron chi connectivity index (χ4n) is 1.81. The molecule has 0 amide bonds. The third-order valence-electron chi connectivity index (χ3n) is 2.86. The number of carbonyl (C=O) groups excluding carboxylic acids is 2. The predicted octanol–water partition coefficient (Wildman–Crippen LogP) is 3.58. The molecule has 0 fully saturated rings. The first kappa shape index (κ1) is 15.6. The van der Waals surface area contributed by atoms with Crippen molar-refractivity contribution in [3.05, 3.63) is 66.2 Å². The molecule has 5 heteroatoms. The van der Waals surface area contributed by atoms with Crippen LogP contribution in [0.25, 0.3) is 0 Å². The molecule has 0 bridgehead atoms. The summed E-state index contributed by atoms with van der Waals surface area (Å²) in [5.74, 6) is -1.13. The van der Waals surface area contributed by atoms with Gasteiger partial charge in [-0.25, -0.2) is 4.79 Å². The van der Waals surface area contributed by atoms with E-state index >= 15 is 0 Å². The highest BCUT2D eigenvalue weighted by Crippen LogP contribution is 2.14. The Bertz CT molecular complexity index is 654. The van der Waals surface area contributed by atoms with Crippen molar-refractivity contribution in [2.75, 3.05) is 6.61 Å². The van der Waals surface area contributed by atoms with E-state index in [1.54, 1.807) is 61.5 Å². The van der Waals surface area contributed by atoms with Gasteiger partial charge in [-0.15, -0.1) is 0 Å². The molecular weight excluding hydrogens is 280 g/mol. The first-order valence-electron chi connectivity index (χ1n) is 6.94. The van der Waals surface area contributed by atoms with E-state index in [-0.39, 0.29) is 6.61 Å². The highest BCUT2D eigenvalue weighted by atomic mass is 16.5. The maximum Gasteiger partial charge on any atom is 0.341 e. The van der Waals surface area contributed by atoms with Crippen molar-refractivity contribution in [1.29, 1.82) is 0 Å². The maximum absolute atomic E-state index is 12.4. The number of azo groups is 1. The van der Waals surface area contributed by atoms with Gasteiger partial charge >= 0.3 is 5.97 Å². The number of carbonyl (C=O) groups is 2. The summed E-state index contributed by atoms with van der Waals surface area (Å²) in [5, 5.41) is 7.85. The third kappa shape index (κ3) is 4.09. The molecule has 0 spiro atoms. The Morgan fingerprint density at radius 3 is 2.18 bits per heavy atom. The van der Waals surface area contributed by atoms with Crippen molar-refractivity contribution < 1.29 is 14.3 Å². The summed E-state index contributed by atoms with van der Waals surface area (Å²) >= 11 is 0. The van der Waals surface area contributed by atoms with E-state index < -0.39 is 17.8 Å². The van der Waals surface area contributed by atoms with Crippen LogP contribution in [0.15, 0.2) is 70.9 Å². The van der Waals surface area contributed by atoms with Crippen LogP contribution in [0.1, 0.15) is 17.3 Å². The normalized spacial score (nSPS) is 12.0. The van der Waals surface area contributed by atoms with Crippen LogP contribution < -0.4 is 0 Å². The van der Waals surface area contributed by atoms with Gasteiger partial charge in [0, 0.05) is 5.56 Å². The van der Waals surface area contributed by atoms with E-state index in [9.17, 15) is 9.59 Å². The lowest BCUT2D eigenvalue weighted by atomic mass is 10.1. The average molecular weight is 296 g/mol. The summed E-state index contributed by atoms with van der Waals surface area (Å²) in [6, 6.07) is 16.1. The molecule has 112 valence electrons. The predicted molar refractivity (Wildman–Crippen MR) is 82.2 cm³/mol. The molecule has 22 heavy (non-hydrogen) atoms. The second kappa shape index (κ2) is 7.83. The van der Waals surface area contributed by atoms with Crippen molar-refractivity contribution in [2.45, 2.75) is 13.0 Å². The van der Waals surface area contributed by atoms with E-state index in [1.165, 1.54) is 0 Å². The molecule has 0 radical (unpaired) electrons. The van der Waals surface area contributed by atoms with E-state index in [0.29, 0.717) is 11.3 Å². The van der Waals surface area contributed by atoms with Crippen molar-refractivity contribution >= 4 is 17.4 Å². The molecule has 0 aliphatic rings. The summed E-state index contributed by atoms with van der Waals surface area (Å²) in [6.07, 6.45) is 0. The molecule has 0 aromatic heterocycles. The Morgan fingerprint density at radius 2 is 1.59 bits per heavy atom. The van der Waals surface area contributed by atoms with Crippen LogP contribution in [0.4, 0.5) is 5.69 Å². The SMILES string of the molecule is CCOC(=O)[C@@H](N=Nc1ccccc1)C(=O)c1ccccc1. The minimum Gasteiger partial charge on any atom is -0.464 e. The molecule has 0 unspecified atom stereocenters. The van der Waals surface area contributed by atoms with Crippen LogP contribution in [0.5, 0.6) is 0 Å². The fourth-order valence-corrected chi connectivity index (χ4v) is 1.81. The highest BCUT2D eigenvalue weighted by Gasteiger charge is 2.29. The van der Waals surface area contributed by atoms with Gasteiger partial charge < -0.3 is 4.74 Å². The third-order valence-corrected chi connectivity index (χ3v) is 2.86. The molecule has 5 nitrogen and oxygen atoms in total. The summed E-state index contributed by atoms with van der Waals surface area (Å²) in [7, 11) is 0. The van der Waals surface area contributed by atoms with Gasteiger partial charge in [0.25, 0.3) is 0 Å². The average Bonchev–Trinajstić information content (AvgIpc) is 2.57. The van der Waals surface area contributed by atoms with Crippen LogP contribution in [-0.2, 0) is 9.53 Å². The van der Waals surface area contributed by atoms with Gasteiger partial charge in [-0.1, -0.05) is 48.5 Å². The van der Waals surface area contributed by atoms with Gasteiger partial charge in [-0.2, -0.15) is 10.2 Å². The van der Waals surface area contributed by atoms with Crippen molar-refractivity contribution in [2.24, 2.45) is 10.2 Å². The molecule has 0 heterocycles. The van der Waals surface area contributed by atoms with Crippen LogP contribution in [-0.4, -0.2) is 24.4 Å². The van der Waals surface area contributed by atoms with Gasteiger partial charge in [-0.05, 0) is 19.1 Å². The molecule has 2 rings (SSSR count). The largest absolute Gasteiger partial charge is 0.464 e. The Morgan fingerprint density at radius 1 is 1.00 bits per heavy atom. The molecule has 0 saturated carbocycles. The van der Waals surface area contributed by atoms with E-state index in [1.807, 2.05) is 6.07 Å². The highest BCUT2D eigenvalue weighted by molar-refractivity contribution is 6.12. The fraction of sp³-hybridized carbons (Fsp3) is 0.176. The van der Waals surface area contributed by atoms with E-state index in [4.69, 9.17) is 4.74 Å². The summed E-state index contributed by atoms with van der Waals surface area (Å²) < 4.78 is 4.92. The number of hydrogen-bond donors (Lipinski definition) is 0. The molecule has 2 aromatic rings. The van der Waals surface area contributed by atoms with E-state index in [0.717, 1.165) is 0 Å². The quantitative estimate of drug-likeness (QED) is 0.354. The minimum absolute atomic E-state index is 0.179. The lowest BCUT2D eigenvalue weighted by Gasteiger charge is -2.09. The number of rotatable bonds is 6. The molecule has 0 aliphatic carbocycles. The van der Waals surface area contributed by atoms with Crippen LogP contribution in [0.2, 0.25) is 0 Å². The minimum atomic E-state index is -1.29. The monoisotopic (exact) mass is 296 g/mol. The molecule has 0 saturated heterocycles. The number of Topliss-reactive ketones (excluding diaryl/α,β-unsaturated/α-hetero) is 1. The molecule has 0 aliphatic heterocycles. The van der Waals surface area contributed by atoms with Gasteiger partial charge in [0.2, 0.25) is 11.8 Å². The molecule has 2 aromatic carbocycles. The topological polar surface area (TPSA) is 68.1 Å². The first-order chi connectivity index (χ1) is 10.7. The van der Waals surface area contributed by atoms with Crippen LogP contribution in [0, 0.1) is 0 Å². The summed E-state index contributed by atoms with van der Waals surface area (Å²) in [6.45, 7) is 1.86. The number of esters is 1. The lowest BCUT2D eigenvalue weighted by Crippen LogP contribution is -2.30. The second-order valence-electron chi connectivity index (χ2n) is 4.44. The van der Waals surface area contributed by atoms with Gasteiger partial charge in [0.05, 0.1) is 12.3 Å². The standard InChI is InChI=1S/C17H16N2O3/c1-2-22-17(21)15(16(20)13-9-5-3-6-10-13)19-18-14-11-7-4-8-12-14/h3-12,15H,2H2,1H3/t15-/m0/s1. The van der Waals surface area contributed by atoms with Crippen LogP contribution >= 0.6 is 0 Å². The number of benzene rings is 2. The Balaban J connectivity index is 2.25. The Kier molecular flexibility index (Phi) is 5.54. The molecule has 1 atom stereocenters. The summed E-state index contributed by atoms with van der Waals surface area (Å²) in [5.41, 5.74) is 0.963. The smallest absolute Gasteiger partial charge is 0.341 e. The first-order valence-corrected chi connectivity index (χ1v) is 6.94. The maximum atomic E-state index is 12.4. The zero-order valence-corrected chi connectivity index (χ0v) is 12.2. The van der Waals surface area contributed by atoms with Crippen molar-refractivity contribution in [3.63, 3.8) is 0 Å². The van der Waals surface area contributed by atoms with Gasteiger partial charge in [0.1, 0.15) is 0 Å². The molecular formula is C17H16N2O3. The number of nitrogens with zero attached hydrogens (tertiary/aromatic N) is 2. The number of ether oxygens (including phenoxy) is 1. The van der Waals surface area contributed by atoms with Crippen molar-refractivity contribution in [3.8, 4) is 0 Å². The van der Waals surface area contributed by atoms with Crippen molar-refractivity contribution in [1.82, 2.24) is 0 Å². The number of ketones is 1.